The molecular formula is C22H34ClN3O3S. The number of thioether (sulfide) groups is 1. The molecule has 0 aliphatic heterocycles. The number of aromatic hydroxyl groups is 1. The van der Waals surface area contributed by atoms with Crippen molar-refractivity contribution in [3.63, 3.8) is 0 Å². The SMILES string of the molecule is CC.CC.CC.CN=C(Nc1ccc(O)c(C(=O)O)c1)SC(N)c1ccc(Cl)cc1. The molecule has 0 radical (unpaired) electrons. The fourth-order valence-corrected chi connectivity index (χ4v) is 2.83. The molecule has 0 amide bonds. The van der Waals surface area contributed by atoms with Crippen LogP contribution in [0.4, 0.5) is 5.69 Å². The summed E-state index contributed by atoms with van der Waals surface area (Å²) in [5, 5.41) is 22.3. The van der Waals surface area contributed by atoms with Crippen molar-refractivity contribution in [2.45, 2.75) is 46.9 Å². The third-order valence-electron chi connectivity index (χ3n) is 3.12. The van der Waals surface area contributed by atoms with E-state index in [1.165, 1.54) is 23.9 Å². The molecule has 0 aliphatic carbocycles. The van der Waals surface area contributed by atoms with E-state index in [0.29, 0.717) is 15.9 Å². The fourth-order valence-electron chi connectivity index (χ4n) is 1.89. The summed E-state index contributed by atoms with van der Waals surface area (Å²) in [4.78, 5) is 15.2. The van der Waals surface area contributed by atoms with E-state index in [1.807, 2.05) is 53.7 Å². The monoisotopic (exact) mass is 455 g/mol. The molecule has 2 aromatic carbocycles. The largest absolute Gasteiger partial charge is 0.507 e. The van der Waals surface area contributed by atoms with Gasteiger partial charge in [0.25, 0.3) is 0 Å². The lowest BCUT2D eigenvalue weighted by Gasteiger charge is -2.15. The Morgan fingerprint density at radius 3 is 2.07 bits per heavy atom. The minimum absolute atomic E-state index is 0.192. The molecule has 0 spiro atoms. The number of halogens is 1. The van der Waals surface area contributed by atoms with Crippen molar-refractivity contribution < 1.29 is 15.0 Å². The number of aliphatic imine (C=N–C) groups is 1. The summed E-state index contributed by atoms with van der Waals surface area (Å²) in [5.74, 6) is -1.51. The molecule has 0 fully saturated rings. The zero-order valence-corrected chi connectivity index (χ0v) is 20.3. The zero-order chi connectivity index (χ0) is 23.7. The van der Waals surface area contributed by atoms with Crippen LogP contribution in [-0.2, 0) is 0 Å². The average molecular weight is 456 g/mol. The van der Waals surface area contributed by atoms with E-state index in [1.54, 1.807) is 25.2 Å². The molecule has 2 aromatic rings. The second-order valence-corrected chi connectivity index (χ2v) is 6.35. The maximum atomic E-state index is 11.1. The van der Waals surface area contributed by atoms with Crippen LogP contribution in [0.15, 0.2) is 47.5 Å². The summed E-state index contributed by atoms with van der Waals surface area (Å²) in [6.07, 6.45) is 0. The lowest BCUT2D eigenvalue weighted by Crippen LogP contribution is -2.15. The summed E-state index contributed by atoms with van der Waals surface area (Å²) in [6, 6.07) is 11.4. The van der Waals surface area contributed by atoms with Gasteiger partial charge in [0.05, 0.1) is 5.37 Å². The minimum atomic E-state index is -1.21. The maximum absolute atomic E-state index is 11.1. The van der Waals surface area contributed by atoms with Crippen LogP contribution in [0.25, 0.3) is 0 Å². The fraction of sp³-hybridized carbons (Fsp3) is 0.364. The number of nitrogens with one attached hydrogen (secondary N) is 1. The van der Waals surface area contributed by atoms with Crippen molar-refractivity contribution in [1.82, 2.24) is 0 Å². The van der Waals surface area contributed by atoms with Crippen LogP contribution >= 0.6 is 23.4 Å². The lowest BCUT2D eigenvalue weighted by atomic mass is 10.2. The van der Waals surface area contributed by atoms with E-state index in [9.17, 15) is 9.90 Å². The second-order valence-electron chi connectivity index (χ2n) is 4.78. The normalized spacial score (nSPS) is 10.8. The molecule has 30 heavy (non-hydrogen) atoms. The summed E-state index contributed by atoms with van der Waals surface area (Å²) >= 11 is 7.14. The number of nitrogens with two attached hydrogens (primary N) is 1. The molecule has 8 heteroatoms. The minimum Gasteiger partial charge on any atom is -0.507 e. The first-order chi connectivity index (χ1) is 14.4. The number of hydrogen-bond donors (Lipinski definition) is 4. The van der Waals surface area contributed by atoms with Crippen molar-refractivity contribution in [3.05, 3.63) is 58.6 Å². The standard InChI is InChI=1S/C16H16ClN3O3S.3C2H6/c1-19-16(24-14(18)9-2-4-10(17)5-3-9)20-11-6-7-13(21)12(8-11)15(22)23;3*1-2/h2-8,14,21H,18H2,1H3,(H,19,20)(H,22,23);3*1-2H3. The third kappa shape index (κ3) is 10.5. The first-order valence-corrected chi connectivity index (χ1v) is 11.1. The van der Waals surface area contributed by atoms with E-state index in [-0.39, 0.29) is 16.7 Å². The quantitative estimate of drug-likeness (QED) is 0.179. The number of anilines is 1. The number of carboxylic acid groups (broad SMARTS) is 1. The van der Waals surface area contributed by atoms with Gasteiger partial charge < -0.3 is 21.3 Å². The highest BCUT2D eigenvalue weighted by atomic mass is 35.5. The summed E-state index contributed by atoms with van der Waals surface area (Å²) in [6.45, 7) is 12.0. The van der Waals surface area contributed by atoms with Crippen molar-refractivity contribution in [2.75, 3.05) is 12.4 Å². The predicted molar refractivity (Wildman–Crippen MR) is 132 cm³/mol. The van der Waals surface area contributed by atoms with Crippen molar-refractivity contribution in [2.24, 2.45) is 10.7 Å². The molecule has 2 rings (SSSR count). The van der Waals surface area contributed by atoms with Gasteiger partial charge in [0.2, 0.25) is 0 Å². The number of phenols is 1. The summed E-state index contributed by atoms with van der Waals surface area (Å²) in [5.41, 5.74) is 7.32. The van der Waals surface area contributed by atoms with Gasteiger partial charge in [0.1, 0.15) is 11.3 Å². The molecule has 1 atom stereocenters. The molecule has 0 saturated heterocycles. The maximum Gasteiger partial charge on any atom is 0.339 e. The Morgan fingerprint density at radius 1 is 1.07 bits per heavy atom. The van der Waals surface area contributed by atoms with Crippen LogP contribution in [0.2, 0.25) is 5.02 Å². The predicted octanol–water partition coefficient (Wildman–Crippen LogP) is 6.61. The number of carboxylic acids is 1. The van der Waals surface area contributed by atoms with E-state index in [0.717, 1.165) is 5.56 Å². The van der Waals surface area contributed by atoms with Gasteiger partial charge in [-0.05, 0) is 35.9 Å². The molecule has 0 saturated carbocycles. The Hall–Kier alpha value is -2.22. The van der Waals surface area contributed by atoms with Crippen LogP contribution in [0.1, 0.15) is 62.8 Å². The average Bonchev–Trinajstić information content (AvgIpc) is 2.78. The van der Waals surface area contributed by atoms with Gasteiger partial charge in [-0.2, -0.15) is 0 Å². The van der Waals surface area contributed by atoms with Crippen LogP contribution < -0.4 is 11.1 Å². The van der Waals surface area contributed by atoms with E-state index >= 15 is 0 Å². The van der Waals surface area contributed by atoms with Gasteiger partial charge in [0, 0.05) is 17.8 Å². The molecule has 0 heterocycles. The Labute approximate surface area is 189 Å². The zero-order valence-electron chi connectivity index (χ0n) is 18.7. The highest BCUT2D eigenvalue weighted by molar-refractivity contribution is 8.14. The Morgan fingerprint density at radius 2 is 1.60 bits per heavy atom. The number of hydrogen-bond acceptors (Lipinski definition) is 5. The topological polar surface area (TPSA) is 108 Å². The number of aromatic carboxylic acids is 1. The van der Waals surface area contributed by atoms with Crippen LogP contribution in [0, 0.1) is 0 Å². The van der Waals surface area contributed by atoms with Gasteiger partial charge in [-0.25, -0.2) is 4.79 Å². The van der Waals surface area contributed by atoms with Crippen molar-refractivity contribution >= 4 is 40.2 Å². The number of amidine groups is 1. The van der Waals surface area contributed by atoms with E-state index in [4.69, 9.17) is 22.4 Å². The summed E-state index contributed by atoms with van der Waals surface area (Å²) < 4.78 is 0. The van der Waals surface area contributed by atoms with Gasteiger partial charge in [-0.1, -0.05) is 77.0 Å². The highest BCUT2D eigenvalue weighted by Gasteiger charge is 2.14. The van der Waals surface area contributed by atoms with Gasteiger partial charge in [-0.3, -0.25) is 4.99 Å². The number of benzene rings is 2. The van der Waals surface area contributed by atoms with Gasteiger partial charge >= 0.3 is 5.97 Å². The summed E-state index contributed by atoms with van der Waals surface area (Å²) in [7, 11) is 1.60. The van der Waals surface area contributed by atoms with Crippen molar-refractivity contribution in [1.29, 1.82) is 0 Å². The van der Waals surface area contributed by atoms with E-state index in [2.05, 4.69) is 10.3 Å². The van der Waals surface area contributed by atoms with Crippen LogP contribution in [0.3, 0.4) is 0 Å². The van der Waals surface area contributed by atoms with Crippen molar-refractivity contribution in [3.8, 4) is 5.75 Å². The lowest BCUT2D eigenvalue weighted by molar-refractivity contribution is 0.0694. The smallest absolute Gasteiger partial charge is 0.339 e. The van der Waals surface area contributed by atoms with Gasteiger partial charge in [-0.15, -0.1) is 0 Å². The Kier molecular flexibility index (Phi) is 17.6. The Bertz CT molecular complexity index is 769. The molecule has 0 aliphatic rings. The molecular weight excluding hydrogens is 422 g/mol. The number of carbonyl (C=O) groups is 1. The molecule has 168 valence electrons. The second kappa shape index (κ2) is 17.6. The number of nitrogens with zero attached hydrogens (tertiary/aromatic N) is 1. The first kappa shape index (κ1) is 30.0. The molecule has 5 N–H and O–H groups in total. The number of rotatable bonds is 4. The molecule has 0 aromatic heterocycles. The van der Waals surface area contributed by atoms with Crippen LogP contribution in [-0.4, -0.2) is 28.4 Å². The molecule has 0 bridgehead atoms. The van der Waals surface area contributed by atoms with E-state index < -0.39 is 5.97 Å². The van der Waals surface area contributed by atoms with Crippen LogP contribution in [0.5, 0.6) is 5.75 Å². The molecule has 6 nitrogen and oxygen atoms in total. The molecule has 1 unspecified atom stereocenters. The third-order valence-corrected chi connectivity index (χ3v) is 4.40. The van der Waals surface area contributed by atoms with Gasteiger partial charge in [0.15, 0.2) is 5.17 Å². The first-order valence-electron chi connectivity index (χ1n) is 9.88. The highest BCUT2D eigenvalue weighted by Crippen LogP contribution is 2.28. The Balaban J connectivity index is 0.